The van der Waals surface area contributed by atoms with Crippen molar-refractivity contribution in [3.05, 3.63) is 15.9 Å². The van der Waals surface area contributed by atoms with Gasteiger partial charge in [0.2, 0.25) is 0 Å². The van der Waals surface area contributed by atoms with Crippen LogP contribution >= 0.6 is 15.9 Å². The van der Waals surface area contributed by atoms with E-state index in [0.717, 1.165) is 35.2 Å². The molecule has 5 nitrogen and oxygen atoms in total. The van der Waals surface area contributed by atoms with Crippen molar-refractivity contribution in [3.8, 4) is 0 Å². The summed E-state index contributed by atoms with van der Waals surface area (Å²) in [6.07, 6.45) is 2.98. The Labute approximate surface area is 121 Å². The molecule has 1 aromatic rings. The average Bonchev–Trinajstić information content (AvgIpc) is 2.67. The first-order chi connectivity index (χ1) is 9.00. The maximum atomic E-state index is 11.7. The number of carboxylic acids is 1. The van der Waals surface area contributed by atoms with Crippen molar-refractivity contribution in [1.82, 2.24) is 15.1 Å². The van der Waals surface area contributed by atoms with Crippen LogP contribution in [0.15, 0.2) is 4.47 Å². The highest BCUT2D eigenvalue weighted by molar-refractivity contribution is 9.10. The van der Waals surface area contributed by atoms with Gasteiger partial charge < -0.3 is 10.4 Å². The molecule has 0 bridgehead atoms. The van der Waals surface area contributed by atoms with Gasteiger partial charge in [-0.2, -0.15) is 5.10 Å². The third kappa shape index (κ3) is 2.69. The van der Waals surface area contributed by atoms with E-state index in [1.807, 2.05) is 18.7 Å². The van der Waals surface area contributed by atoms with Crippen LogP contribution in [0.3, 0.4) is 0 Å². The number of rotatable bonds is 4. The van der Waals surface area contributed by atoms with E-state index in [1.165, 1.54) is 0 Å². The fourth-order valence-corrected chi connectivity index (χ4v) is 3.47. The van der Waals surface area contributed by atoms with Crippen molar-refractivity contribution in [2.75, 3.05) is 13.1 Å². The summed E-state index contributed by atoms with van der Waals surface area (Å²) in [5.74, 6) is -0.717. The number of hydrogen-bond acceptors (Lipinski definition) is 3. The molecule has 106 valence electrons. The molecule has 0 aliphatic carbocycles. The fourth-order valence-electron chi connectivity index (χ4n) is 2.71. The molecule has 2 heterocycles. The van der Waals surface area contributed by atoms with Crippen LogP contribution in [-0.2, 0) is 24.7 Å². The monoisotopic (exact) mass is 329 g/mol. The number of piperidine rings is 1. The smallest absolute Gasteiger partial charge is 0.311 e. The van der Waals surface area contributed by atoms with Gasteiger partial charge in [-0.15, -0.1) is 0 Å². The Morgan fingerprint density at radius 3 is 2.84 bits per heavy atom. The Hall–Kier alpha value is -0.880. The molecule has 0 radical (unpaired) electrons. The summed E-state index contributed by atoms with van der Waals surface area (Å²) in [6, 6.07) is 0. The molecule has 1 aliphatic rings. The Balaban J connectivity index is 2.32. The van der Waals surface area contributed by atoms with Crippen LogP contribution in [0.5, 0.6) is 0 Å². The summed E-state index contributed by atoms with van der Waals surface area (Å²) in [5.41, 5.74) is 1.25. The molecular weight excluding hydrogens is 310 g/mol. The van der Waals surface area contributed by atoms with E-state index in [-0.39, 0.29) is 0 Å². The first-order valence-corrected chi connectivity index (χ1v) is 7.44. The van der Waals surface area contributed by atoms with Crippen molar-refractivity contribution in [2.45, 2.75) is 32.6 Å². The third-order valence-corrected chi connectivity index (χ3v) is 4.85. The highest BCUT2D eigenvalue weighted by atomic mass is 79.9. The van der Waals surface area contributed by atoms with Crippen LogP contribution in [0.25, 0.3) is 0 Å². The molecule has 0 amide bonds. The standard InChI is InChI=1S/C13H20BrN3O2/c1-3-9-11(14)10(17(2)16-9)7-13(12(18)19)5-4-6-15-8-13/h15H,3-8H2,1-2H3,(H,18,19). The van der Waals surface area contributed by atoms with Crippen LogP contribution in [-0.4, -0.2) is 33.9 Å². The number of aliphatic carboxylic acids is 1. The second kappa shape index (κ2) is 5.63. The van der Waals surface area contributed by atoms with Gasteiger partial charge in [-0.05, 0) is 41.7 Å². The number of hydrogen-bond donors (Lipinski definition) is 2. The van der Waals surface area contributed by atoms with Gasteiger partial charge in [-0.3, -0.25) is 9.48 Å². The van der Waals surface area contributed by atoms with Crippen LogP contribution in [0.1, 0.15) is 31.2 Å². The van der Waals surface area contributed by atoms with Crippen LogP contribution in [0.4, 0.5) is 0 Å². The molecule has 1 aromatic heterocycles. The Bertz CT molecular complexity index is 478. The molecule has 1 fully saturated rings. The van der Waals surface area contributed by atoms with Crippen molar-refractivity contribution in [2.24, 2.45) is 12.5 Å². The van der Waals surface area contributed by atoms with Gasteiger partial charge in [-0.1, -0.05) is 6.92 Å². The molecule has 0 saturated carbocycles. The highest BCUT2D eigenvalue weighted by Crippen LogP contribution is 2.34. The average molecular weight is 330 g/mol. The Morgan fingerprint density at radius 2 is 2.37 bits per heavy atom. The maximum Gasteiger partial charge on any atom is 0.311 e. The minimum atomic E-state index is -0.717. The highest BCUT2D eigenvalue weighted by Gasteiger charge is 2.41. The number of carboxylic acid groups (broad SMARTS) is 1. The summed E-state index contributed by atoms with van der Waals surface area (Å²) in [6.45, 7) is 3.48. The van der Waals surface area contributed by atoms with Crippen LogP contribution in [0, 0.1) is 5.41 Å². The summed E-state index contributed by atoms with van der Waals surface area (Å²) in [4.78, 5) is 11.7. The van der Waals surface area contributed by atoms with Crippen molar-refractivity contribution in [1.29, 1.82) is 0 Å². The van der Waals surface area contributed by atoms with Gasteiger partial charge in [-0.25, -0.2) is 0 Å². The lowest BCUT2D eigenvalue weighted by Crippen LogP contribution is -2.47. The largest absolute Gasteiger partial charge is 0.481 e. The fraction of sp³-hybridized carbons (Fsp3) is 0.692. The lowest BCUT2D eigenvalue weighted by atomic mass is 9.77. The molecule has 1 aliphatic heterocycles. The number of carbonyl (C=O) groups is 1. The molecule has 2 N–H and O–H groups in total. The van der Waals surface area contributed by atoms with Gasteiger partial charge in [0, 0.05) is 20.0 Å². The zero-order valence-corrected chi connectivity index (χ0v) is 13.0. The first-order valence-electron chi connectivity index (χ1n) is 6.64. The van der Waals surface area contributed by atoms with E-state index in [9.17, 15) is 9.90 Å². The molecule has 6 heteroatoms. The van der Waals surface area contributed by atoms with Crippen LogP contribution in [0.2, 0.25) is 0 Å². The minimum Gasteiger partial charge on any atom is -0.481 e. The van der Waals surface area contributed by atoms with E-state index in [4.69, 9.17) is 0 Å². The third-order valence-electron chi connectivity index (χ3n) is 3.93. The number of halogens is 1. The topological polar surface area (TPSA) is 67.2 Å². The number of nitrogens with one attached hydrogen (secondary N) is 1. The van der Waals surface area contributed by atoms with Gasteiger partial charge in [0.25, 0.3) is 0 Å². The van der Waals surface area contributed by atoms with Crippen molar-refractivity contribution >= 4 is 21.9 Å². The Morgan fingerprint density at radius 1 is 1.63 bits per heavy atom. The van der Waals surface area contributed by atoms with Gasteiger partial charge in [0.1, 0.15) is 0 Å². The maximum absolute atomic E-state index is 11.7. The molecule has 1 atom stereocenters. The predicted molar refractivity (Wildman–Crippen MR) is 76.2 cm³/mol. The SMILES string of the molecule is CCc1nn(C)c(CC2(C(=O)O)CCCNC2)c1Br. The normalized spacial score (nSPS) is 23.5. The second-order valence-electron chi connectivity index (χ2n) is 5.23. The first kappa shape index (κ1) is 14.5. The Kier molecular flexibility index (Phi) is 4.30. The second-order valence-corrected chi connectivity index (χ2v) is 6.02. The molecule has 19 heavy (non-hydrogen) atoms. The van der Waals surface area contributed by atoms with Gasteiger partial charge in [0.05, 0.1) is 21.3 Å². The van der Waals surface area contributed by atoms with Gasteiger partial charge >= 0.3 is 5.97 Å². The van der Waals surface area contributed by atoms with Gasteiger partial charge in [0.15, 0.2) is 0 Å². The quantitative estimate of drug-likeness (QED) is 0.883. The number of aromatic nitrogens is 2. The zero-order chi connectivity index (χ0) is 14.0. The van der Waals surface area contributed by atoms with E-state index >= 15 is 0 Å². The van der Waals surface area contributed by atoms with E-state index in [2.05, 4.69) is 26.3 Å². The van der Waals surface area contributed by atoms with E-state index < -0.39 is 11.4 Å². The number of nitrogens with zero attached hydrogens (tertiary/aromatic N) is 2. The van der Waals surface area contributed by atoms with Crippen LogP contribution < -0.4 is 5.32 Å². The molecular formula is C13H20BrN3O2. The number of aryl methyl sites for hydroxylation is 2. The molecule has 0 aromatic carbocycles. The summed E-state index contributed by atoms with van der Waals surface area (Å²) >= 11 is 3.57. The summed E-state index contributed by atoms with van der Waals surface area (Å²) < 4.78 is 2.77. The van der Waals surface area contributed by atoms with Crippen molar-refractivity contribution < 1.29 is 9.90 Å². The summed E-state index contributed by atoms with van der Waals surface area (Å²) in [5, 5.41) is 17.3. The minimum absolute atomic E-state index is 0.513. The van der Waals surface area contributed by atoms with E-state index in [1.54, 1.807) is 0 Å². The molecule has 1 saturated heterocycles. The van der Waals surface area contributed by atoms with E-state index in [0.29, 0.717) is 19.4 Å². The molecule has 2 rings (SSSR count). The zero-order valence-electron chi connectivity index (χ0n) is 11.4. The summed E-state index contributed by atoms with van der Waals surface area (Å²) in [7, 11) is 1.88. The predicted octanol–water partition coefficient (Wildman–Crippen LogP) is 1.74. The lowest BCUT2D eigenvalue weighted by molar-refractivity contribution is -0.150. The van der Waals surface area contributed by atoms with Crippen molar-refractivity contribution in [3.63, 3.8) is 0 Å². The molecule has 0 spiro atoms. The molecule has 1 unspecified atom stereocenters. The lowest BCUT2D eigenvalue weighted by Gasteiger charge is -2.33.